The molecular weight excluding hydrogens is 240 g/mol. The van der Waals surface area contributed by atoms with E-state index in [9.17, 15) is 13.6 Å². The number of rotatable bonds is 0. The van der Waals surface area contributed by atoms with Crippen LogP contribution in [0.3, 0.4) is 0 Å². The molecule has 2 aliphatic heterocycles. The van der Waals surface area contributed by atoms with Gasteiger partial charge in [-0.25, -0.2) is 13.6 Å². The predicted molar refractivity (Wildman–Crippen MR) is 60.2 cm³/mol. The van der Waals surface area contributed by atoms with Gasteiger partial charge in [-0.3, -0.25) is 0 Å². The van der Waals surface area contributed by atoms with Gasteiger partial charge >= 0.3 is 5.97 Å². The van der Waals surface area contributed by atoms with Crippen LogP contribution < -0.4 is 0 Å². The molecule has 5 heteroatoms. The maximum atomic E-state index is 14.0. The summed E-state index contributed by atoms with van der Waals surface area (Å²) in [6.45, 7) is 1.45. The van der Waals surface area contributed by atoms with Crippen molar-refractivity contribution < 1.29 is 18.3 Å². The molecule has 2 heterocycles. The summed E-state index contributed by atoms with van der Waals surface area (Å²) in [5.74, 6) is -2.04. The predicted octanol–water partition coefficient (Wildman–Crippen LogP) is 2.06. The smallest absolute Gasteiger partial charge is 0.339 e. The van der Waals surface area contributed by atoms with E-state index in [0.29, 0.717) is 12.8 Å². The molecular formula is C13H13F2NO2. The van der Waals surface area contributed by atoms with Gasteiger partial charge in [0.15, 0.2) is 0 Å². The molecule has 1 spiro atoms. The Morgan fingerprint density at radius 3 is 2.61 bits per heavy atom. The molecule has 0 atom stereocenters. The van der Waals surface area contributed by atoms with Crippen LogP contribution in [0, 0.1) is 11.6 Å². The molecule has 2 aliphatic rings. The SMILES string of the molecule is CN1CCC2(CC1)OC(=O)c1cc(F)cc(F)c12. The van der Waals surface area contributed by atoms with Gasteiger partial charge in [-0.05, 0) is 13.1 Å². The molecule has 1 aromatic carbocycles. The number of halogens is 2. The van der Waals surface area contributed by atoms with Crippen molar-refractivity contribution in [2.45, 2.75) is 18.4 Å². The van der Waals surface area contributed by atoms with E-state index in [1.54, 1.807) is 0 Å². The Labute approximate surface area is 103 Å². The third-order valence-electron chi connectivity index (χ3n) is 3.81. The van der Waals surface area contributed by atoms with E-state index >= 15 is 0 Å². The lowest BCUT2D eigenvalue weighted by molar-refractivity contribution is -0.0408. The largest absolute Gasteiger partial charge is 0.450 e. The van der Waals surface area contributed by atoms with E-state index in [1.807, 2.05) is 7.05 Å². The minimum absolute atomic E-state index is 0.0389. The van der Waals surface area contributed by atoms with Crippen LogP contribution in [-0.4, -0.2) is 31.0 Å². The Kier molecular flexibility index (Phi) is 2.41. The summed E-state index contributed by atoms with van der Waals surface area (Å²) in [4.78, 5) is 13.9. The van der Waals surface area contributed by atoms with Crippen LogP contribution >= 0.6 is 0 Å². The molecule has 0 saturated carbocycles. The lowest BCUT2D eigenvalue weighted by atomic mass is 9.83. The van der Waals surface area contributed by atoms with E-state index in [1.165, 1.54) is 0 Å². The summed E-state index contributed by atoms with van der Waals surface area (Å²) >= 11 is 0. The van der Waals surface area contributed by atoms with Crippen LogP contribution in [0.2, 0.25) is 0 Å². The Balaban J connectivity index is 2.11. The molecule has 0 amide bonds. The molecule has 96 valence electrons. The topological polar surface area (TPSA) is 29.5 Å². The Hall–Kier alpha value is -1.49. The quantitative estimate of drug-likeness (QED) is 0.663. The van der Waals surface area contributed by atoms with Crippen molar-refractivity contribution in [3.63, 3.8) is 0 Å². The van der Waals surface area contributed by atoms with Gasteiger partial charge < -0.3 is 9.64 Å². The third kappa shape index (κ3) is 1.54. The second kappa shape index (κ2) is 3.75. The van der Waals surface area contributed by atoms with Crippen LogP contribution in [-0.2, 0) is 10.3 Å². The molecule has 3 nitrogen and oxygen atoms in total. The van der Waals surface area contributed by atoms with E-state index in [2.05, 4.69) is 4.90 Å². The lowest BCUT2D eigenvalue weighted by Gasteiger charge is -2.36. The van der Waals surface area contributed by atoms with Gasteiger partial charge in [0, 0.05) is 37.6 Å². The van der Waals surface area contributed by atoms with E-state index < -0.39 is 23.2 Å². The van der Waals surface area contributed by atoms with E-state index in [-0.39, 0.29) is 11.1 Å². The number of carbonyl (C=O) groups excluding carboxylic acids is 1. The number of nitrogens with zero attached hydrogens (tertiary/aromatic N) is 1. The van der Waals surface area contributed by atoms with E-state index in [0.717, 1.165) is 25.2 Å². The molecule has 0 radical (unpaired) electrons. The number of benzene rings is 1. The molecule has 3 rings (SSSR count). The molecule has 18 heavy (non-hydrogen) atoms. The lowest BCUT2D eigenvalue weighted by Crippen LogP contribution is -2.41. The highest BCUT2D eigenvalue weighted by molar-refractivity contribution is 5.94. The zero-order chi connectivity index (χ0) is 12.9. The normalized spacial score (nSPS) is 22.1. The molecule has 0 aromatic heterocycles. The average Bonchev–Trinajstić information content (AvgIpc) is 2.57. The van der Waals surface area contributed by atoms with Gasteiger partial charge in [0.2, 0.25) is 0 Å². The van der Waals surface area contributed by atoms with Gasteiger partial charge in [0.1, 0.15) is 17.2 Å². The Bertz CT molecular complexity index is 522. The standard InChI is InChI=1S/C13H13F2NO2/c1-16-4-2-13(3-5-16)11-9(12(17)18-13)6-8(14)7-10(11)15/h6-7H,2-5H2,1H3. The highest BCUT2D eigenvalue weighted by Crippen LogP contribution is 2.45. The molecule has 1 saturated heterocycles. The van der Waals surface area contributed by atoms with Gasteiger partial charge in [-0.1, -0.05) is 0 Å². The monoisotopic (exact) mass is 253 g/mol. The number of ether oxygens (including phenoxy) is 1. The second-order valence-electron chi connectivity index (χ2n) is 5.00. The number of likely N-dealkylation sites (tertiary alicyclic amines) is 1. The van der Waals surface area contributed by atoms with Crippen molar-refractivity contribution >= 4 is 5.97 Å². The second-order valence-corrected chi connectivity index (χ2v) is 5.00. The maximum absolute atomic E-state index is 14.0. The highest BCUT2D eigenvalue weighted by Gasteiger charge is 2.49. The number of fused-ring (bicyclic) bond motifs is 2. The first kappa shape index (κ1) is 11.6. The van der Waals surface area contributed by atoms with Crippen molar-refractivity contribution in [1.29, 1.82) is 0 Å². The van der Waals surface area contributed by atoms with Crippen molar-refractivity contribution in [1.82, 2.24) is 4.90 Å². The molecule has 0 unspecified atom stereocenters. The van der Waals surface area contributed by atoms with Crippen LogP contribution in [0.25, 0.3) is 0 Å². The summed E-state index contributed by atoms with van der Waals surface area (Å²) in [5, 5.41) is 0. The first-order valence-corrected chi connectivity index (χ1v) is 5.93. The molecule has 1 aromatic rings. The minimum atomic E-state index is -0.892. The van der Waals surface area contributed by atoms with Crippen molar-refractivity contribution in [2.24, 2.45) is 0 Å². The van der Waals surface area contributed by atoms with Crippen molar-refractivity contribution in [3.8, 4) is 0 Å². The summed E-state index contributed by atoms with van der Waals surface area (Å²) < 4.78 is 32.5. The molecule has 0 aliphatic carbocycles. The number of piperidine rings is 1. The number of hydrogen-bond acceptors (Lipinski definition) is 3. The van der Waals surface area contributed by atoms with Crippen LogP contribution in [0.15, 0.2) is 12.1 Å². The van der Waals surface area contributed by atoms with Crippen LogP contribution in [0.1, 0.15) is 28.8 Å². The van der Waals surface area contributed by atoms with Gasteiger partial charge in [-0.2, -0.15) is 0 Å². The third-order valence-corrected chi connectivity index (χ3v) is 3.81. The van der Waals surface area contributed by atoms with Crippen molar-refractivity contribution in [3.05, 3.63) is 34.9 Å². The zero-order valence-electron chi connectivity index (χ0n) is 10.0. The summed E-state index contributed by atoms with van der Waals surface area (Å²) in [6, 6.07) is 1.88. The maximum Gasteiger partial charge on any atom is 0.339 e. The molecule has 1 fully saturated rings. The Morgan fingerprint density at radius 1 is 1.28 bits per heavy atom. The number of esters is 1. The average molecular weight is 253 g/mol. The zero-order valence-corrected chi connectivity index (χ0v) is 10.0. The first-order chi connectivity index (χ1) is 8.52. The van der Waals surface area contributed by atoms with Crippen molar-refractivity contribution in [2.75, 3.05) is 20.1 Å². The van der Waals surface area contributed by atoms with Gasteiger partial charge in [-0.15, -0.1) is 0 Å². The summed E-state index contributed by atoms with van der Waals surface area (Å²) in [7, 11) is 1.96. The number of carbonyl (C=O) groups is 1. The molecule has 0 bridgehead atoms. The first-order valence-electron chi connectivity index (χ1n) is 5.93. The highest BCUT2D eigenvalue weighted by atomic mass is 19.1. The van der Waals surface area contributed by atoms with E-state index in [4.69, 9.17) is 4.74 Å². The fraction of sp³-hybridized carbons (Fsp3) is 0.462. The van der Waals surface area contributed by atoms with Crippen LogP contribution in [0.5, 0.6) is 0 Å². The van der Waals surface area contributed by atoms with Gasteiger partial charge in [0.25, 0.3) is 0 Å². The van der Waals surface area contributed by atoms with Crippen LogP contribution in [0.4, 0.5) is 8.78 Å². The fourth-order valence-electron chi connectivity index (χ4n) is 2.81. The van der Waals surface area contributed by atoms with Gasteiger partial charge in [0.05, 0.1) is 5.56 Å². The summed E-state index contributed by atoms with van der Waals surface area (Å²) in [6.07, 6.45) is 1.09. The number of hydrogen-bond donors (Lipinski definition) is 0. The Morgan fingerprint density at radius 2 is 1.94 bits per heavy atom. The molecule has 0 N–H and O–H groups in total. The minimum Gasteiger partial charge on any atom is -0.450 e. The fourth-order valence-corrected chi connectivity index (χ4v) is 2.81. The summed E-state index contributed by atoms with van der Waals surface area (Å²) in [5.41, 5.74) is -0.615.